The van der Waals surface area contributed by atoms with Gasteiger partial charge in [-0.05, 0) is 62.2 Å². The molecule has 158 valence electrons. The van der Waals surface area contributed by atoms with Crippen LogP contribution in [0.25, 0.3) is 5.69 Å². The first-order chi connectivity index (χ1) is 14.9. The lowest BCUT2D eigenvalue weighted by molar-refractivity contribution is -0.116. The summed E-state index contributed by atoms with van der Waals surface area (Å²) in [6.07, 6.45) is 0.0830. The fourth-order valence-corrected chi connectivity index (χ4v) is 4.43. The molecule has 2 aromatic carbocycles. The van der Waals surface area contributed by atoms with Crippen LogP contribution in [0.2, 0.25) is 0 Å². The van der Waals surface area contributed by atoms with Crippen molar-refractivity contribution in [1.29, 1.82) is 0 Å². The molecule has 3 aromatic rings. The van der Waals surface area contributed by atoms with E-state index in [0.717, 1.165) is 28.1 Å². The van der Waals surface area contributed by atoms with E-state index in [4.69, 9.17) is 9.47 Å². The number of ether oxygens (including phenoxy) is 2. The van der Waals surface area contributed by atoms with Crippen LogP contribution < -0.4 is 14.8 Å². The Bertz CT molecular complexity index is 1210. The van der Waals surface area contributed by atoms with Crippen molar-refractivity contribution in [1.82, 2.24) is 9.78 Å². The van der Waals surface area contributed by atoms with Gasteiger partial charge in [0.1, 0.15) is 19.0 Å². The van der Waals surface area contributed by atoms with Gasteiger partial charge >= 0.3 is 0 Å². The second kappa shape index (κ2) is 7.27. The Hall–Kier alpha value is -3.61. The summed E-state index contributed by atoms with van der Waals surface area (Å²) in [4.78, 5) is 26.1. The summed E-state index contributed by atoms with van der Waals surface area (Å²) in [5, 5.41) is 7.62. The van der Waals surface area contributed by atoms with Gasteiger partial charge < -0.3 is 14.8 Å². The van der Waals surface area contributed by atoms with Crippen LogP contribution >= 0.6 is 0 Å². The van der Waals surface area contributed by atoms with Crippen molar-refractivity contribution in [3.8, 4) is 17.2 Å². The maximum Gasteiger partial charge on any atom is 0.226 e. The van der Waals surface area contributed by atoms with Crippen LogP contribution in [-0.2, 0) is 4.79 Å². The molecule has 5 rings (SSSR count). The molecule has 1 aromatic heterocycles. The topological polar surface area (TPSA) is 82.5 Å². The smallest absolute Gasteiger partial charge is 0.226 e. The van der Waals surface area contributed by atoms with Crippen molar-refractivity contribution in [2.75, 3.05) is 18.5 Å². The summed E-state index contributed by atoms with van der Waals surface area (Å²) >= 11 is 0. The van der Waals surface area contributed by atoms with Crippen LogP contribution in [-0.4, -0.2) is 34.7 Å². The van der Waals surface area contributed by atoms with Crippen molar-refractivity contribution in [3.05, 3.63) is 64.3 Å². The lowest BCUT2D eigenvalue weighted by atomic mass is 9.85. The van der Waals surface area contributed by atoms with Crippen molar-refractivity contribution >= 4 is 17.5 Å². The molecule has 0 unspecified atom stereocenters. The molecule has 31 heavy (non-hydrogen) atoms. The minimum atomic E-state index is -0.606. The molecular weight excluding hydrogens is 394 g/mol. The Morgan fingerprint density at radius 3 is 2.48 bits per heavy atom. The van der Waals surface area contributed by atoms with Gasteiger partial charge in [-0.2, -0.15) is 5.10 Å². The minimum Gasteiger partial charge on any atom is -0.486 e. The number of amides is 1. The molecule has 0 fully saturated rings. The number of fused-ring (bicyclic) bond motifs is 2. The molecule has 1 N–H and O–H groups in total. The van der Waals surface area contributed by atoms with E-state index in [1.807, 2.05) is 32.9 Å². The number of carbonyl (C=O) groups excluding carboxylic acids is 2. The molecule has 1 atom stereocenters. The predicted octanol–water partition coefficient (Wildman–Crippen LogP) is 3.88. The molecule has 2 aliphatic heterocycles. The summed E-state index contributed by atoms with van der Waals surface area (Å²) in [6, 6.07) is 11.3. The van der Waals surface area contributed by atoms with Crippen LogP contribution in [0.15, 0.2) is 36.4 Å². The number of benzene rings is 2. The third-order valence-corrected chi connectivity index (χ3v) is 5.70. The standard InChI is InChI=1S/C24H23N3O4/c1-13-8-14(2)10-17(9-13)27-24-22(15(3)26-27)18(12-21(28)25-24)23(29)16-4-5-19-20(11-16)31-7-6-30-19/h4-5,8-11,18H,6-7,12H2,1-3H3,(H,25,28)/t18-/m1/s1. The van der Waals surface area contributed by atoms with Crippen LogP contribution in [0.5, 0.6) is 11.5 Å². The molecule has 0 saturated heterocycles. The number of carbonyl (C=O) groups is 2. The first-order valence-electron chi connectivity index (χ1n) is 10.3. The summed E-state index contributed by atoms with van der Waals surface area (Å²) < 4.78 is 12.9. The average molecular weight is 417 g/mol. The van der Waals surface area contributed by atoms with Gasteiger partial charge in [-0.15, -0.1) is 0 Å². The van der Waals surface area contributed by atoms with E-state index in [1.54, 1.807) is 22.9 Å². The average Bonchev–Trinajstić information content (AvgIpc) is 3.08. The number of aromatic nitrogens is 2. The Balaban J connectivity index is 1.58. The zero-order valence-corrected chi connectivity index (χ0v) is 17.7. The number of anilines is 1. The molecular formula is C24H23N3O4. The van der Waals surface area contributed by atoms with Gasteiger partial charge in [0.2, 0.25) is 5.91 Å². The summed E-state index contributed by atoms with van der Waals surface area (Å²) in [5.74, 6) is 0.814. The predicted molar refractivity (Wildman–Crippen MR) is 116 cm³/mol. The lowest BCUT2D eigenvalue weighted by Gasteiger charge is -2.24. The summed E-state index contributed by atoms with van der Waals surface area (Å²) in [7, 11) is 0. The van der Waals surface area contributed by atoms with E-state index >= 15 is 0 Å². The molecule has 1 amide bonds. The van der Waals surface area contributed by atoms with Gasteiger partial charge in [0.25, 0.3) is 0 Å². The summed E-state index contributed by atoms with van der Waals surface area (Å²) in [6.45, 7) is 6.85. The summed E-state index contributed by atoms with van der Waals surface area (Å²) in [5.41, 5.74) is 5.04. The first kappa shape index (κ1) is 19.4. The van der Waals surface area contributed by atoms with Crippen molar-refractivity contribution < 1.29 is 19.1 Å². The molecule has 0 bridgehead atoms. The third-order valence-electron chi connectivity index (χ3n) is 5.70. The molecule has 7 heteroatoms. The Morgan fingerprint density at radius 2 is 1.74 bits per heavy atom. The van der Waals surface area contributed by atoms with Gasteiger partial charge in [0, 0.05) is 17.5 Å². The normalized spacial score (nSPS) is 17.1. The van der Waals surface area contributed by atoms with Crippen LogP contribution in [0.1, 0.15) is 45.1 Å². The highest BCUT2D eigenvalue weighted by Crippen LogP contribution is 2.40. The van der Waals surface area contributed by atoms with Gasteiger partial charge in [-0.1, -0.05) is 6.07 Å². The Morgan fingerprint density at radius 1 is 1.03 bits per heavy atom. The maximum absolute atomic E-state index is 13.5. The quantitative estimate of drug-likeness (QED) is 0.654. The number of hydrogen-bond donors (Lipinski definition) is 1. The number of hydrogen-bond acceptors (Lipinski definition) is 5. The van der Waals surface area contributed by atoms with E-state index in [9.17, 15) is 9.59 Å². The highest BCUT2D eigenvalue weighted by Gasteiger charge is 2.36. The van der Waals surface area contributed by atoms with Crippen LogP contribution in [0.3, 0.4) is 0 Å². The number of rotatable bonds is 3. The van der Waals surface area contributed by atoms with Crippen LogP contribution in [0, 0.1) is 20.8 Å². The fraction of sp³-hybridized carbons (Fsp3) is 0.292. The monoisotopic (exact) mass is 417 g/mol. The molecule has 3 heterocycles. The minimum absolute atomic E-state index is 0.0830. The van der Waals surface area contributed by atoms with E-state index < -0.39 is 5.92 Å². The molecule has 0 saturated carbocycles. The maximum atomic E-state index is 13.5. The second-order valence-corrected chi connectivity index (χ2v) is 8.13. The molecule has 0 radical (unpaired) electrons. The van der Waals surface area contributed by atoms with Crippen molar-refractivity contribution in [2.24, 2.45) is 0 Å². The Kier molecular flexibility index (Phi) is 4.54. The largest absolute Gasteiger partial charge is 0.486 e. The van der Waals surface area contributed by atoms with E-state index in [0.29, 0.717) is 36.1 Å². The van der Waals surface area contributed by atoms with E-state index in [1.165, 1.54) is 0 Å². The van der Waals surface area contributed by atoms with Gasteiger partial charge in [-0.25, -0.2) is 4.68 Å². The SMILES string of the molecule is Cc1cc(C)cc(-n2nc(C)c3c2NC(=O)C[C@H]3C(=O)c2ccc3c(c2)OCCO3)c1. The molecule has 0 aliphatic carbocycles. The third kappa shape index (κ3) is 3.36. The number of Topliss-reactive ketones (excluding diaryl/α,β-unsaturated/α-hetero) is 1. The molecule has 2 aliphatic rings. The van der Waals surface area contributed by atoms with E-state index in [-0.39, 0.29) is 18.1 Å². The zero-order chi connectivity index (χ0) is 21.7. The van der Waals surface area contributed by atoms with Crippen molar-refractivity contribution in [2.45, 2.75) is 33.1 Å². The van der Waals surface area contributed by atoms with Crippen LogP contribution in [0.4, 0.5) is 5.82 Å². The van der Waals surface area contributed by atoms with Crippen molar-refractivity contribution in [3.63, 3.8) is 0 Å². The highest BCUT2D eigenvalue weighted by atomic mass is 16.6. The molecule has 0 spiro atoms. The number of ketones is 1. The Labute approximate surface area is 180 Å². The fourth-order valence-electron chi connectivity index (χ4n) is 4.43. The first-order valence-corrected chi connectivity index (χ1v) is 10.3. The van der Waals surface area contributed by atoms with Gasteiger partial charge in [-0.3, -0.25) is 9.59 Å². The van der Waals surface area contributed by atoms with Gasteiger partial charge in [0.05, 0.1) is 17.3 Å². The number of aryl methyl sites for hydroxylation is 3. The van der Waals surface area contributed by atoms with Gasteiger partial charge in [0.15, 0.2) is 17.3 Å². The molecule has 7 nitrogen and oxygen atoms in total. The second-order valence-electron chi connectivity index (χ2n) is 8.13. The number of nitrogens with zero attached hydrogens (tertiary/aromatic N) is 2. The highest BCUT2D eigenvalue weighted by molar-refractivity contribution is 6.08. The van der Waals surface area contributed by atoms with E-state index in [2.05, 4.69) is 16.5 Å². The zero-order valence-electron chi connectivity index (χ0n) is 17.7. The lowest BCUT2D eigenvalue weighted by Crippen LogP contribution is -2.28. The number of nitrogens with one attached hydrogen (secondary N) is 1.